The van der Waals surface area contributed by atoms with Gasteiger partial charge in [-0.1, -0.05) is 35.4 Å². The van der Waals surface area contributed by atoms with Crippen LogP contribution >= 0.6 is 11.6 Å². The van der Waals surface area contributed by atoms with Gasteiger partial charge in [0.05, 0.1) is 6.42 Å². The average Bonchev–Trinajstić information content (AvgIpc) is 2.80. The van der Waals surface area contributed by atoms with Crippen LogP contribution in [0.4, 0.5) is 0 Å². The van der Waals surface area contributed by atoms with E-state index < -0.39 is 0 Å². The van der Waals surface area contributed by atoms with Crippen LogP contribution in [-0.2, 0) is 24.1 Å². The molecule has 0 atom stereocenters. The molecule has 0 aliphatic carbocycles. The third-order valence-electron chi connectivity index (χ3n) is 5.03. The van der Waals surface area contributed by atoms with Crippen molar-refractivity contribution in [1.82, 2.24) is 9.88 Å². The third-order valence-corrected chi connectivity index (χ3v) is 5.29. The van der Waals surface area contributed by atoms with Crippen LogP contribution in [0.3, 0.4) is 0 Å². The topological polar surface area (TPSA) is 36.1 Å². The van der Waals surface area contributed by atoms with E-state index >= 15 is 0 Å². The van der Waals surface area contributed by atoms with Crippen LogP contribution < -0.4 is 0 Å². The lowest BCUT2D eigenvalue weighted by Gasteiger charge is -2.20. The van der Waals surface area contributed by atoms with Crippen molar-refractivity contribution < 1.29 is 4.79 Å². The van der Waals surface area contributed by atoms with Gasteiger partial charge in [-0.3, -0.25) is 4.79 Å². The predicted molar refractivity (Wildman–Crippen MR) is 102 cm³/mol. The van der Waals surface area contributed by atoms with E-state index in [1.54, 1.807) is 0 Å². The van der Waals surface area contributed by atoms with Crippen molar-refractivity contribution in [3.63, 3.8) is 0 Å². The Morgan fingerprint density at radius 3 is 2.68 bits per heavy atom. The largest absolute Gasteiger partial charge is 0.358 e. The summed E-state index contributed by atoms with van der Waals surface area (Å²) in [6.07, 6.45) is 2.23. The fourth-order valence-corrected chi connectivity index (χ4v) is 3.79. The molecule has 0 saturated heterocycles. The first-order valence-electron chi connectivity index (χ1n) is 8.72. The van der Waals surface area contributed by atoms with Gasteiger partial charge in [-0.05, 0) is 48.7 Å². The number of rotatable bonds is 2. The van der Waals surface area contributed by atoms with Gasteiger partial charge in [0, 0.05) is 41.1 Å². The number of hydrogen-bond acceptors (Lipinski definition) is 1. The second-order valence-electron chi connectivity index (χ2n) is 6.82. The van der Waals surface area contributed by atoms with E-state index in [0.29, 0.717) is 11.4 Å². The number of halogens is 1. The minimum Gasteiger partial charge on any atom is -0.358 e. The molecule has 1 aromatic heterocycles. The molecule has 0 unspecified atom stereocenters. The molecule has 128 valence electrons. The van der Waals surface area contributed by atoms with Crippen LogP contribution in [0.15, 0.2) is 42.5 Å². The van der Waals surface area contributed by atoms with E-state index in [2.05, 4.69) is 30.1 Å². The van der Waals surface area contributed by atoms with Crippen molar-refractivity contribution in [1.29, 1.82) is 0 Å². The summed E-state index contributed by atoms with van der Waals surface area (Å²) in [5, 5.41) is 2.01. The highest BCUT2D eigenvalue weighted by Crippen LogP contribution is 2.27. The summed E-state index contributed by atoms with van der Waals surface area (Å²) in [7, 11) is 0. The smallest absolute Gasteiger partial charge is 0.227 e. The lowest BCUT2D eigenvalue weighted by Crippen LogP contribution is -2.34. The quantitative estimate of drug-likeness (QED) is 0.733. The molecule has 1 N–H and O–H groups in total. The van der Waals surface area contributed by atoms with E-state index in [4.69, 9.17) is 11.6 Å². The number of benzene rings is 2. The predicted octanol–water partition coefficient (Wildman–Crippen LogP) is 4.30. The van der Waals surface area contributed by atoms with Crippen molar-refractivity contribution in [3.05, 3.63) is 69.9 Å². The Bertz CT molecular complexity index is 927. The van der Waals surface area contributed by atoms with Crippen LogP contribution in [0.5, 0.6) is 0 Å². The van der Waals surface area contributed by atoms with Crippen molar-refractivity contribution in [3.8, 4) is 0 Å². The molecular weight excluding hydrogens is 332 g/mol. The highest BCUT2D eigenvalue weighted by Gasteiger charge is 2.21. The number of hydrogen-bond donors (Lipinski definition) is 1. The maximum absolute atomic E-state index is 12.7. The second kappa shape index (κ2) is 6.57. The van der Waals surface area contributed by atoms with Crippen molar-refractivity contribution in [2.75, 3.05) is 13.1 Å². The monoisotopic (exact) mass is 352 g/mol. The lowest BCUT2D eigenvalue weighted by molar-refractivity contribution is -0.130. The normalized spacial score (nSPS) is 14.4. The summed E-state index contributed by atoms with van der Waals surface area (Å²) < 4.78 is 0. The molecule has 1 aliphatic heterocycles. The number of aromatic amines is 1. The number of nitrogens with zero attached hydrogens (tertiary/aromatic N) is 1. The Balaban J connectivity index is 1.50. The van der Waals surface area contributed by atoms with Gasteiger partial charge in [0.2, 0.25) is 5.91 Å². The minimum absolute atomic E-state index is 0.188. The van der Waals surface area contributed by atoms with E-state index in [1.807, 2.05) is 29.2 Å². The lowest BCUT2D eigenvalue weighted by atomic mass is 10.1. The molecule has 0 bridgehead atoms. The second-order valence-corrected chi connectivity index (χ2v) is 7.25. The zero-order chi connectivity index (χ0) is 17.4. The first-order valence-corrected chi connectivity index (χ1v) is 9.10. The van der Waals surface area contributed by atoms with Crippen LogP contribution in [0.2, 0.25) is 5.02 Å². The molecule has 0 radical (unpaired) electrons. The number of aryl methyl sites for hydroxylation is 1. The number of amides is 1. The van der Waals surface area contributed by atoms with Crippen LogP contribution in [0, 0.1) is 6.92 Å². The zero-order valence-corrected chi connectivity index (χ0v) is 15.1. The SMILES string of the molecule is Cc1ccc2[nH]c3c(c2c1)CCN(C(=O)Cc1ccc(Cl)cc1)CC3. The van der Waals surface area contributed by atoms with Gasteiger partial charge in [0.25, 0.3) is 0 Å². The fraction of sp³-hybridized carbons (Fsp3) is 0.286. The summed E-state index contributed by atoms with van der Waals surface area (Å²) in [6.45, 7) is 3.67. The van der Waals surface area contributed by atoms with Gasteiger partial charge in [0.15, 0.2) is 0 Å². The molecule has 4 rings (SSSR count). The number of aromatic nitrogens is 1. The fourth-order valence-electron chi connectivity index (χ4n) is 3.66. The highest BCUT2D eigenvalue weighted by molar-refractivity contribution is 6.30. The molecule has 0 fully saturated rings. The molecule has 2 aromatic carbocycles. The molecular formula is C21H21ClN2O. The molecule has 3 aromatic rings. The van der Waals surface area contributed by atoms with E-state index in [1.165, 1.54) is 27.7 Å². The summed E-state index contributed by atoms with van der Waals surface area (Å²) in [5.74, 6) is 0.188. The average molecular weight is 353 g/mol. The van der Waals surface area contributed by atoms with Gasteiger partial charge in [-0.25, -0.2) is 0 Å². The molecule has 2 heterocycles. The maximum Gasteiger partial charge on any atom is 0.227 e. The van der Waals surface area contributed by atoms with Crippen LogP contribution in [0.1, 0.15) is 22.4 Å². The standard InChI is InChI=1S/C21H21ClN2O/c1-14-2-7-19-18(12-14)17-8-10-24(11-9-20(17)23-19)21(25)13-15-3-5-16(22)6-4-15/h2-7,12,23H,8-11,13H2,1H3. The zero-order valence-electron chi connectivity index (χ0n) is 14.3. The molecule has 3 nitrogen and oxygen atoms in total. The van der Waals surface area contributed by atoms with Gasteiger partial charge in [-0.2, -0.15) is 0 Å². The van der Waals surface area contributed by atoms with Crippen molar-refractivity contribution in [2.24, 2.45) is 0 Å². The number of fused-ring (bicyclic) bond motifs is 3. The molecule has 4 heteroatoms. The third kappa shape index (κ3) is 3.29. The Kier molecular flexibility index (Phi) is 4.26. The number of H-pyrrole nitrogens is 1. The van der Waals surface area contributed by atoms with Gasteiger partial charge < -0.3 is 9.88 Å². The first kappa shape index (κ1) is 16.2. The van der Waals surface area contributed by atoms with Crippen molar-refractivity contribution >= 4 is 28.4 Å². The highest BCUT2D eigenvalue weighted by atomic mass is 35.5. The molecule has 25 heavy (non-hydrogen) atoms. The summed E-state index contributed by atoms with van der Waals surface area (Å²) in [4.78, 5) is 18.2. The van der Waals surface area contributed by atoms with E-state index in [-0.39, 0.29) is 5.91 Å². The van der Waals surface area contributed by atoms with Crippen molar-refractivity contribution in [2.45, 2.75) is 26.2 Å². The van der Waals surface area contributed by atoms with Crippen LogP contribution in [0.25, 0.3) is 10.9 Å². The molecule has 1 amide bonds. The van der Waals surface area contributed by atoms with E-state index in [9.17, 15) is 4.79 Å². The van der Waals surface area contributed by atoms with Gasteiger partial charge in [-0.15, -0.1) is 0 Å². The number of nitrogens with one attached hydrogen (secondary N) is 1. The maximum atomic E-state index is 12.7. The van der Waals surface area contributed by atoms with Gasteiger partial charge >= 0.3 is 0 Å². The van der Waals surface area contributed by atoms with E-state index in [0.717, 1.165) is 31.5 Å². The molecule has 1 aliphatic rings. The van der Waals surface area contributed by atoms with Crippen LogP contribution in [-0.4, -0.2) is 28.9 Å². The van der Waals surface area contributed by atoms with Gasteiger partial charge in [0.1, 0.15) is 0 Å². The number of carbonyl (C=O) groups is 1. The Hall–Kier alpha value is -2.26. The summed E-state index contributed by atoms with van der Waals surface area (Å²) in [6, 6.07) is 14.1. The Morgan fingerprint density at radius 2 is 1.88 bits per heavy atom. The Labute approximate surface area is 152 Å². The summed E-state index contributed by atoms with van der Waals surface area (Å²) in [5.41, 5.74) is 6.15. The first-order chi connectivity index (χ1) is 12.1. The molecule has 0 saturated carbocycles. The number of carbonyl (C=O) groups excluding carboxylic acids is 1. The minimum atomic E-state index is 0.188. The Morgan fingerprint density at radius 1 is 1.12 bits per heavy atom. The molecule has 0 spiro atoms. The summed E-state index contributed by atoms with van der Waals surface area (Å²) >= 11 is 5.92.